The number of nitrogens with one attached hydrogen (secondary N) is 1. The van der Waals surface area contributed by atoms with E-state index in [0.717, 1.165) is 11.1 Å². The van der Waals surface area contributed by atoms with Crippen LogP contribution in [0.4, 0.5) is 0 Å². The largest absolute Gasteiger partial charge is 0.493 e. The van der Waals surface area contributed by atoms with E-state index in [-0.39, 0.29) is 6.61 Å². The molecular formula is C19H18N4O4S. The average molecular weight is 398 g/mol. The fourth-order valence-electron chi connectivity index (χ4n) is 2.43. The second-order valence-electron chi connectivity index (χ2n) is 5.59. The lowest BCUT2D eigenvalue weighted by Crippen LogP contribution is -2.09. The van der Waals surface area contributed by atoms with Crippen LogP contribution in [0.25, 0.3) is 11.4 Å². The number of H-pyrrole nitrogens is 1. The SMILES string of the molecule is CCOc1ccccc1-c1n[nH]c(=S)n1/N=C\c1ccc(OCC(=O)O)cc1. The van der Waals surface area contributed by atoms with E-state index < -0.39 is 5.97 Å². The van der Waals surface area contributed by atoms with Gasteiger partial charge < -0.3 is 14.6 Å². The molecule has 2 N–H and O–H groups in total. The lowest BCUT2D eigenvalue weighted by Gasteiger charge is -2.08. The zero-order valence-electron chi connectivity index (χ0n) is 15.0. The number of aromatic amines is 1. The lowest BCUT2D eigenvalue weighted by molar-refractivity contribution is -0.139. The first kappa shape index (κ1) is 19.3. The van der Waals surface area contributed by atoms with Gasteiger partial charge in [0.25, 0.3) is 0 Å². The molecule has 0 spiro atoms. The zero-order chi connectivity index (χ0) is 19.9. The summed E-state index contributed by atoms with van der Waals surface area (Å²) in [4.78, 5) is 10.5. The highest BCUT2D eigenvalue weighted by atomic mass is 32.1. The fraction of sp³-hybridized carbons (Fsp3) is 0.158. The van der Waals surface area contributed by atoms with Crippen molar-refractivity contribution in [1.82, 2.24) is 14.9 Å². The Kier molecular flexibility index (Phi) is 6.18. The van der Waals surface area contributed by atoms with Crippen molar-refractivity contribution in [1.29, 1.82) is 0 Å². The van der Waals surface area contributed by atoms with Crippen molar-refractivity contribution >= 4 is 24.4 Å². The van der Waals surface area contributed by atoms with Crippen LogP contribution in [0.15, 0.2) is 53.6 Å². The van der Waals surface area contributed by atoms with E-state index in [9.17, 15) is 4.79 Å². The molecule has 0 aliphatic heterocycles. The van der Waals surface area contributed by atoms with Crippen LogP contribution < -0.4 is 9.47 Å². The van der Waals surface area contributed by atoms with E-state index in [4.69, 9.17) is 26.8 Å². The highest BCUT2D eigenvalue weighted by molar-refractivity contribution is 7.71. The van der Waals surface area contributed by atoms with Gasteiger partial charge in [0, 0.05) is 0 Å². The van der Waals surface area contributed by atoms with Gasteiger partial charge in [-0.05, 0) is 61.1 Å². The number of ether oxygens (including phenoxy) is 2. The predicted molar refractivity (Wildman–Crippen MR) is 107 cm³/mol. The van der Waals surface area contributed by atoms with E-state index in [0.29, 0.717) is 28.7 Å². The Bertz CT molecular complexity index is 1040. The number of benzene rings is 2. The number of carboxylic acids is 1. The van der Waals surface area contributed by atoms with Gasteiger partial charge in [0.05, 0.1) is 18.4 Å². The summed E-state index contributed by atoms with van der Waals surface area (Å²) < 4.78 is 12.6. The van der Waals surface area contributed by atoms with E-state index in [1.54, 1.807) is 30.5 Å². The van der Waals surface area contributed by atoms with Crippen molar-refractivity contribution in [3.63, 3.8) is 0 Å². The Labute approximate surface area is 166 Å². The molecule has 0 aliphatic rings. The molecule has 1 aromatic heterocycles. The third kappa shape index (κ3) is 4.63. The van der Waals surface area contributed by atoms with Gasteiger partial charge >= 0.3 is 5.97 Å². The topological polar surface area (TPSA) is 102 Å². The van der Waals surface area contributed by atoms with E-state index >= 15 is 0 Å². The van der Waals surface area contributed by atoms with Crippen LogP contribution in [-0.2, 0) is 4.79 Å². The molecule has 0 unspecified atom stereocenters. The maximum absolute atomic E-state index is 10.5. The Morgan fingerprint density at radius 1 is 1.25 bits per heavy atom. The van der Waals surface area contributed by atoms with Crippen LogP contribution in [0.1, 0.15) is 12.5 Å². The van der Waals surface area contributed by atoms with Crippen LogP contribution in [0, 0.1) is 4.77 Å². The number of aromatic nitrogens is 3. The van der Waals surface area contributed by atoms with Gasteiger partial charge in [-0.2, -0.15) is 14.9 Å². The molecule has 0 amide bonds. The minimum atomic E-state index is -1.03. The summed E-state index contributed by atoms with van der Waals surface area (Å²) in [6.07, 6.45) is 1.62. The molecule has 0 saturated heterocycles. The number of hydrogen-bond acceptors (Lipinski definition) is 6. The molecule has 9 heteroatoms. The first-order chi connectivity index (χ1) is 13.6. The summed E-state index contributed by atoms with van der Waals surface area (Å²) in [5.41, 5.74) is 1.56. The van der Waals surface area contributed by atoms with Crippen LogP contribution in [0.5, 0.6) is 11.5 Å². The second-order valence-corrected chi connectivity index (χ2v) is 5.98. The highest BCUT2D eigenvalue weighted by Gasteiger charge is 2.13. The molecule has 1 heterocycles. The minimum Gasteiger partial charge on any atom is -0.493 e. The maximum Gasteiger partial charge on any atom is 0.341 e. The normalized spacial score (nSPS) is 10.9. The molecule has 2 aromatic carbocycles. The van der Waals surface area contributed by atoms with Gasteiger partial charge in [-0.3, -0.25) is 0 Å². The molecule has 0 aliphatic carbocycles. The Morgan fingerprint density at radius 3 is 2.71 bits per heavy atom. The molecule has 0 radical (unpaired) electrons. The van der Waals surface area contributed by atoms with Crippen LogP contribution >= 0.6 is 12.2 Å². The number of nitrogens with zero attached hydrogens (tertiary/aromatic N) is 3. The molecule has 0 atom stereocenters. The van der Waals surface area contributed by atoms with E-state index in [1.807, 2.05) is 31.2 Å². The van der Waals surface area contributed by atoms with Crippen molar-refractivity contribution in [3.8, 4) is 22.9 Å². The Balaban J connectivity index is 1.85. The quantitative estimate of drug-likeness (QED) is 0.446. The van der Waals surface area contributed by atoms with Gasteiger partial charge in [0.2, 0.25) is 4.77 Å². The lowest BCUT2D eigenvalue weighted by atomic mass is 10.2. The number of rotatable bonds is 8. The summed E-state index contributed by atoms with van der Waals surface area (Å²) in [5.74, 6) is 0.660. The van der Waals surface area contributed by atoms with Crippen LogP contribution in [0.2, 0.25) is 0 Å². The molecule has 0 fully saturated rings. The van der Waals surface area contributed by atoms with Crippen molar-refractivity contribution in [2.45, 2.75) is 6.92 Å². The van der Waals surface area contributed by atoms with Crippen LogP contribution in [0.3, 0.4) is 0 Å². The van der Waals surface area contributed by atoms with Gasteiger partial charge in [-0.15, -0.1) is 0 Å². The second kappa shape index (κ2) is 8.96. The average Bonchev–Trinajstić information content (AvgIpc) is 3.06. The van der Waals surface area contributed by atoms with Crippen molar-refractivity contribution in [3.05, 3.63) is 58.9 Å². The summed E-state index contributed by atoms with van der Waals surface area (Å²) in [6.45, 7) is 2.05. The molecular weight excluding hydrogens is 380 g/mol. The summed E-state index contributed by atoms with van der Waals surface area (Å²) in [5, 5.41) is 20.1. The molecule has 3 rings (SSSR count). The fourth-order valence-corrected chi connectivity index (χ4v) is 2.60. The maximum atomic E-state index is 10.5. The molecule has 0 saturated carbocycles. The number of aliphatic carboxylic acids is 1. The molecule has 0 bridgehead atoms. The van der Waals surface area contributed by atoms with E-state index in [1.165, 1.54) is 4.68 Å². The number of carboxylic acid groups (broad SMARTS) is 1. The minimum absolute atomic E-state index is 0.346. The standard InChI is InChI=1S/C19H18N4O4S/c1-2-26-16-6-4-3-5-15(16)18-21-22-19(28)23(18)20-11-13-7-9-14(10-8-13)27-12-17(24)25/h3-11H,2,12H2,1H3,(H,22,28)(H,24,25)/b20-11-. The van der Waals surface area contributed by atoms with Crippen LogP contribution in [-0.4, -0.2) is 45.4 Å². The molecule has 3 aromatic rings. The monoisotopic (exact) mass is 398 g/mol. The summed E-state index contributed by atoms with van der Waals surface area (Å²) in [6, 6.07) is 14.4. The molecule has 28 heavy (non-hydrogen) atoms. The van der Waals surface area contributed by atoms with Crippen molar-refractivity contribution < 1.29 is 19.4 Å². The third-order valence-electron chi connectivity index (χ3n) is 3.64. The van der Waals surface area contributed by atoms with Crippen molar-refractivity contribution in [2.75, 3.05) is 13.2 Å². The van der Waals surface area contributed by atoms with Crippen molar-refractivity contribution in [2.24, 2.45) is 5.10 Å². The smallest absolute Gasteiger partial charge is 0.341 e. The Morgan fingerprint density at radius 2 is 2.00 bits per heavy atom. The van der Waals surface area contributed by atoms with Gasteiger partial charge in [-0.25, -0.2) is 9.89 Å². The predicted octanol–water partition coefficient (Wildman–Crippen LogP) is 3.35. The summed E-state index contributed by atoms with van der Waals surface area (Å²) in [7, 11) is 0. The van der Waals surface area contributed by atoms with Gasteiger partial charge in [0.15, 0.2) is 12.4 Å². The number of hydrogen-bond donors (Lipinski definition) is 2. The van der Waals surface area contributed by atoms with Gasteiger partial charge in [-0.1, -0.05) is 12.1 Å². The number of carbonyl (C=O) groups is 1. The first-order valence-corrected chi connectivity index (χ1v) is 8.88. The third-order valence-corrected chi connectivity index (χ3v) is 3.91. The van der Waals surface area contributed by atoms with E-state index in [2.05, 4.69) is 15.3 Å². The Hall–Kier alpha value is -3.46. The highest BCUT2D eigenvalue weighted by Crippen LogP contribution is 2.28. The first-order valence-electron chi connectivity index (χ1n) is 8.47. The molecule has 8 nitrogen and oxygen atoms in total. The summed E-state index contributed by atoms with van der Waals surface area (Å²) >= 11 is 5.29. The molecule has 144 valence electrons. The zero-order valence-corrected chi connectivity index (χ0v) is 15.8. The number of para-hydroxylation sites is 1. The van der Waals surface area contributed by atoms with Gasteiger partial charge in [0.1, 0.15) is 11.5 Å².